The second-order valence-electron chi connectivity index (χ2n) is 6.03. The molecule has 5 heteroatoms. The maximum absolute atomic E-state index is 5.53. The molecule has 150 valence electrons. The molecule has 5 nitrogen and oxygen atoms in total. The molecule has 0 atom stereocenters. The first kappa shape index (κ1) is 22.9. The number of ether oxygens (including phenoxy) is 5. The highest BCUT2D eigenvalue weighted by Gasteiger charge is 1.95. The molecule has 0 heterocycles. The van der Waals surface area contributed by atoms with Gasteiger partial charge in [0.1, 0.15) is 12.4 Å². The molecule has 1 aromatic carbocycles. The van der Waals surface area contributed by atoms with Gasteiger partial charge in [-0.15, -0.1) is 0 Å². The summed E-state index contributed by atoms with van der Waals surface area (Å²) in [6.07, 6.45) is 6.35. The fourth-order valence-electron chi connectivity index (χ4n) is 2.30. The van der Waals surface area contributed by atoms with Crippen molar-refractivity contribution in [1.29, 1.82) is 0 Å². The molecule has 0 spiro atoms. The molecule has 0 aromatic heterocycles. The molecule has 0 saturated heterocycles. The van der Waals surface area contributed by atoms with Crippen LogP contribution in [-0.4, -0.2) is 59.5 Å². The molecular weight excluding hydrogens is 332 g/mol. The zero-order chi connectivity index (χ0) is 18.5. The average molecular weight is 369 g/mol. The zero-order valence-electron chi connectivity index (χ0n) is 16.3. The second-order valence-corrected chi connectivity index (χ2v) is 6.03. The van der Waals surface area contributed by atoms with Crippen LogP contribution in [0.25, 0.3) is 0 Å². The molecule has 0 amide bonds. The van der Waals surface area contributed by atoms with E-state index in [1.807, 2.05) is 30.3 Å². The van der Waals surface area contributed by atoms with Gasteiger partial charge in [0.15, 0.2) is 0 Å². The SMILES string of the molecule is CCCCCCCOCCOCCOCCOCCOc1ccccc1. The minimum absolute atomic E-state index is 0.547. The van der Waals surface area contributed by atoms with Crippen molar-refractivity contribution in [3.05, 3.63) is 30.3 Å². The maximum atomic E-state index is 5.53. The summed E-state index contributed by atoms with van der Waals surface area (Å²) in [4.78, 5) is 0. The van der Waals surface area contributed by atoms with Gasteiger partial charge < -0.3 is 23.7 Å². The van der Waals surface area contributed by atoms with E-state index in [4.69, 9.17) is 23.7 Å². The quantitative estimate of drug-likeness (QED) is 0.344. The summed E-state index contributed by atoms with van der Waals surface area (Å²) < 4.78 is 27.4. The van der Waals surface area contributed by atoms with Gasteiger partial charge in [-0.1, -0.05) is 50.8 Å². The van der Waals surface area contributed by atoms with Gasteiger partial charge in [0.25, 0.3) is 0 Å². The Morgan fingerprint density at radius 2 is 1.04 bits per heavy atom. The molecule has 0 bridgehead atoms. The minimum atomic E-state index is 0.547. The first-order chi connectivity index (χ1) is 12.9. The van der Waals surface area contributed by atoms with Gasteiger partial charge in [-0.25, -0.2) is 0 Å². The van der Waals surface area contributed by atoms with Crippen molar-refractivity contribution in [2.75, 3.05) is 59.5 Å². The third kappa shape index (κ3) is 15.1. The molecule has 26 heavy (non-hydrogen) atoms. The van der Waals surface area contributed by atoms with Gasteiger partial charge in [0.05, 0.1) is 46.2 Å². The van der Waals surface area contributed by atoms with Gasteiger partial charge in [0, 0.05) is 6.61 Å². The summed E-state index contributed by atoms with van der Waals surface area (Å²) in [7, 11) is 0. The third-order valence-corrected chi connectivity index (χ3v) is 3.75. The predicted octanol–water partition coefficient (Wildman–Crippen LogP) is 4.10. The van der Waals surface area contributed by atoms with Crippen molar-refractivity contribution in [3.63, 3.8) is 0 Å². The predicted molar refractivity (Wildman–Crippen MR) is 104 cm³/mol. The van der Waals surface area contributed by atoms with E-state index in [2.05, 4.69) is 6.92 Å². The molecule has 0 aliphatic carbocycles. The fourth-order valence-corrected chi connectivity index (χ4v) is 2.30. The summed E-state index contributed by atoms with van der Waals surface area (Å²) in [5.74, 6) is 0.866. The van der Waals surface area contributed by atoms with E-state index in [1.54, 1.807) is 0 Å². The number of unbranched alkanes of at least 4 members (excludes halogenated alkanes) is 4. The topological polar surface area (TPSA) is 46.2 Å². The molecule has 0 aliphatic heterocycles. The Kier molecular flexibility index (Phi) is 16.4. The maximum Gasteiger partial charge on any atom is 0.119 e. The van der Waals surface area contributed by atoms with Crippen LogP contribution in [0.3, 0.4) is 0 Å². The van der Waals surface area contributed by atoms with Crippen LogP contribution in [0.4, 0.5) is 0 Å². The summed E-state index contributed by atoms with van der Waals surface area (Å²) in [6, 6.07) is 9.73. The first-order valence-corrected chi connectivity index (χ1v) is 9.92. The van der Waals surface area contributed by atoms with E-state index in [9.17, 15) is 0 Å². The van der Waals surface area contributed by atoms with Crippen molar-refractivity contribution in [1.82, 2.24) is 0 Å². The lowest BCUT2D eigenvalue weighted by atomic mass is 10.2. The van der Waals surface area contributed by atoms with E-state index in [1.165, 1.54) is 25.7 Å². The van der Waals surface area contributed by atoms with Crippen molar-refractivity contribution < 1.29 is 23.7 Å². The van der Waals surface area contributed by atoms with Gasteiger partial charge in [-0.3, -0.25) is 0 Å². The molecule has 0 saturated carbocycles. The Morgan fingerprint density at radius 1 is 0.538 bits per heavy atom. The number of hydrogen-bond donors (Lipinski definition) is 0. The van der Waals surface area contributed by atoms with Crippen molar-refractivity contribution in [2.45, 2.75) is 39.0 Å². The van der Waals surface area contributed by atoms with Crippen molar-refractivity contribution in [2.24, 2.45) is 0 Å². The summed E-state index contributed by atoms with van der Waals surface area (Å²) in [6.45, 7) is 7.79. The van der Waals surface area contributed by atoms with Crippen LogP contribution in [0, 0.1) is 0 Å². The number of rotatable bonds is 19. The Hall–Kier alpha value is -1.14. The highest BCUT2D eigenvalue weighted by Crippen LogP contribution is 2.07. The van der Waals surface area contributed by atoms with E-state index in [-0.39, 0.29) is 0 Å². The average Bonchev–Trinajstić information content (AvgIpc) is 2.68. The van der Waals surface area contributed by atoms with E-state index in [0.717, 1.165) is 18.8 Å². The molecule has 0 unspecified atom stereocenters. The Bertz CT molecular complexity index is 385. The monoisotopic (exact) mass is 368 g/mol. The van der Waals surface area contributed by atoms with Gasteiger partial charge in [0.2, 0.25) is 0 Å². The Labute approximate surface area is 158 Å². The van der Waals surface area contributed by atoms with E-state index in [0.29, 0.717) is 52.9 Å². The summed E-state index contributed by atoms with van der Waals surface area (Å²) >= 11 is 0. The minimum Gasteiger partial charge on any atom is -0.491 e. The lowest BCUT2D eigenvalue weighted by molar-refractivity contribution is -0.00487. The molecule has 1 aromatic rings. The van der Waals surface area contributed by atoms with Crippen molar-refractivity contribution in [3.8, 4) is 5.75 Å². The molecule has 1 rings (SSSR count). The number of benzene rings is 1. The van der Waals surface area contributed by atoms with Crippen LogP contribution in [-0.2, 0) is 18.9 Å². The largest absolute Gasteiger partial charge is 0.491 e. The second kappa shape index (κ2) is 18.6. The van der Waals surface area contributed by atoms with Gasteiger partial charge >= 0.3 is 0 Å². The zero-order valence-corrected chi connectivity index (χ0v) is 16.3. The normalized spacial score (nSPS) is 11.0. The lowest BCUT2D eigenvalue weighted by Gasteiger charge is -2.08. The molecular formula is C21H36O5. The van der Waals surface area contributed by atoms with E-state index < -0.39 is 0 Å². The third-order valence-electron chi connectivity index (χ3n) is 3.75. The van der Waals surface area contributed by atoms with Crippen LogP contribution in [0.15, 0.2) is 30.3 Å². The summed E-state index contributed by atoms with van der Waals surface area (Å²) in [5, 5.41) is 0. The standard InChI is InChI=1S/C21H36O5/c1-2-3-4-5-9-12-22-13-14-23-15-16-24-17-18-25-19-20-26-21-10-7-6-8-11-21/h6-8,10-11H,2-5,9,12-20H2,1H3. The van der Waals surface area contributed by atoms with Crippen LogP contribution >= 0.6 is 0 Å². The Balaban J connectivity index is 1.68. The van der Waals surface area contributed by atoms with Crippen LogP contribution in [0.2, 0.25) is 0 Å². The van der Waals surface area contributed by atoms with Gasteiger partial charge in [-0.2, -0.15) is 0 Å². The number of hydrogen-bond acceptors (Lipinski definition) is 5. The molecule has 0 radical (unpaired) electrons. The fraction of sp³-hybridized carbons (Fsp3) is 0.714. The number of para-hydroxylation sites is 1. The first-order valence-electron chi connectivity index (χ1n) is 9.92. The summed E-state index contributed by atoms with van der Waals surface area (Å²) in [5.41, 5.74) is 0. The molecule has 0 fully saturated rings. The lowest BCUT2D eigenvalue weighted by Crippen LogP contribution is -2.13. The van der Waals surface area contributed by atoms with Crippen LogP contribution in [0.5, 0.6) is 5.75 Å². The molecule has 0 aliphatic rings. The van der Waals surface area contributed by atoms with Gasteiger partial charge in [-0.05, 0) is 18.6 Å². The van der Waals surface area contributed by atoms with E-state index >= 15 is 0 Å². The highest BCUT2D eigenvalue weighted by atomic mass is 16.6. The van der Waals surface area contributed by atoms with Crippen LogP contribution in [0.1, 0.15) is 39.0 Å². The van der Waals surface area contributed by atoms with Crippen LogP contribution < -0.4 is 4.74 Å². The highest BCUT2D eigenvalue weighted by molar-refractivity contribution is 5.20. The van der Waals surface area contributed by atoms with Crippen molar-refractivity contribution >= 4 is 0 Å². The smallest absolute Gasteiger partial charge is 0.119 e. The molecule has 0 N–H and O–H groups in total. The Morgan fingerprint density at radius 3 is 1.62 bits per heavy atom.